The van der Waals surface area contributed by atoms with Crippen molar-refractivity contribution in [3.8, 4) is 5.75 Å². The van der Waals surface area contributed by atoms with Crippen LogP contribution in [0.5, 0.6) is 5.75 Å². The Morgan fingerprint density at radius 1 is 1.47 bits per heavy atom. The van der Waals surface area contributed by atoms with Gasteiger partial charge in [-0.2, -0.15) is 0 Å². The molecule has 0 radical (unpaired) electrons. The van der Waals surface area contributed by atoms with E-state index in [1.54, 1.807) is 6.92 Å². The fourth-order valence-electron chi connectivity index (χ4n) is 1.29. The quantitative estimate of drug-likeness (QED) is 0.632. The summed E-state index contributed by atoms with van der Waals surface area (Å²) in [5.74, 6) is -3.67. The third kappa shape index (κ3) is 3.03. The Balaban J connectivity index is 2.97. The molecule has 1 N–H and O–H groups in total. The maximum absolute atomic E-state index is 13.4. The number of ketones is 1. The van der Waals surface area contributed by atoms with E-state index >= 15 is 0 Å². The number of hydrogen-bond donors (Lipinski definition) is 1. The highest BCUT2D eigenvalue weighted by molar-refractivity contribution is 6.07. The second-order valence-electron chi connectivity index (χ2n) is 3.50. The van der Waals surface area contributed by atoms with Crippen LogP contribution in [0.4, 0.5) is 4.39 Å². The maximum atomic E-state index is 13.4. The second-order valence-corrected chi connectivity index (χ2v) is 3.50. The van der Waals surface area contributed by atoms with Gasteiger partial charge in [0.15, 0.2) is 17.3 Å². The number of carbonyl (C=O) groups excluding carboxylic acids is 1. The SMILES string of the molecule is CCOc1ccc(C(=O)C(C)C(=O)O)cc1F. The summed E-state index contributed by atoms with van der Waals surface area (Å²) in [6.45, 7) is 3.29. The topological polar surface area (TPSA) is 63.6 Å². The third-order valence-electron chi connectivity index (χ3n) is 2.28. The van der Waals surface area contributed by atoms with Gasteiger partial charge < -0.3 is 9.84 Å². The Hall–Kier alpha value is -1.91. The first-order valence-corrected chi connectivity index (χ1v) is 5.16. The van der Waals surface area contributed by atoms with Crippen molar-refractivity contribution in [2.45, 2.75) is 13.8 Å². The molecule has 0 saturated heterocycles. The molecule has 1 rings (SSSR count). The van der Waals surface area contributed by atoms with Gasteiger partial charge in [0.2, 0.25) is 0 Å². The lowest BCUT2D eigenvalue weighted by Gasteiger charge is -2.08. The van der Waals surface area contributed by atoms with Crippen molar-refractivity contribution in [3.05, 3.63) is 29.6 Å². The van der Waals surface area contributed by atoms with Crippen LogP contribution < -0.4 is 4.74 Å². The molecule has 0 bridgehead atoms. The van der Waals surface area contributed by atoms with Crippen LogP contribution in [-0.4, -0.2) is 23.5 Å². The van der Waals surface area contributed by atoms with Crippen molar-refractivity contribution in [2.75, 3.05) is 6.61 Å². The smallest absolute Gasteiger partial charge is 0.314 e. The predicted octanol–water partition coefficient (Wildman–Crippen LogP) is 2.13. The Kier molecular flexibility index (Phi) is 4.20. The number of carboxylic acids is 1. The number of hydrogen-bond acceptors (Lipinski definition) is 3. The van der Waals surface area contributed by atoms with Gasteiger partial charge in [-0.1, -0.05) is 0 Å². The average molecular weight is 240 g/mol. The van der Waals surface area contributed by atoms with E-state index in [4.69, 9.17) is 9.84 Å². The number of rotatable bonds is 5. The van der Waals surface area contributed by atoms with E-state index in [2.05, 4.69) is 0 Å². The fourth-order valence-corrected chi connectivity index (χ4v) is 1.29. The van der Waals surface area contributed by atoms with Crippen molar-refractivity contribution in [3.63, 3.8) is 0 Å². The van der Waals surface area contributed by atoms with Crippen molar-refractivity contribution in [1.82, 2.24) is 0 Å². The molecule has 1 unspecified atom stereocenters. The first-order chi connectivity index (χ1) is 7.97. The van der Waals surface area contributed by atoms with Crippen molar-refractivity contribution in [1.29, 1.82) is 0 Å². The molecule has 0 aliphatic carbocycles. The zero-order valence-electron chi connectivity index (χ0n) is 9.57. The Labute approximate surface area is 98.0 Å². The van der Waals surface area contributed by atoms with Crippen LogP contribution in [0.15, 0.2) is 18.2 Å². The number of halogens is 1. The average Bonchev–Trinajstić information content (AvgIpc) is 2.30. The van der Waals surface area contributed by atoms with Gasteiger partial charge in [0.25, 0.3) is 0 Å². The lowest BCUT2D eigenvalue weighted by Crippen LogP contribution is -2.20. The highest BCUT2D eigenvalue weighted by Crippen LogP contribution is 2.20. The summed E-state index contributed by atoms with van der Waals surface area (Å²) in [5, 5.41) is 8.68. The molecule has 0 aromatic heterocycles. The Bertz CT molecular complexity index is 442. The predicted molar refractivity (Wildman–Crippen MR) is 58.7 cm³/mol. The van der Waals surface area contributed by atoms with E-state index in [9.17, 15) is 14.0 Å². The van der Waals surface area contributed by atoms with Crippen molar-refractivity contribution < 1.29 is 23.8 Å². The molecule has 5 heteroatoms. The number of aliphatic carboxylic acids is 1. The Morgan fingerprint density at radius 3 is 2.59 bits per heavy atom. The molecule has 0 heterocycles. The monoisotopic (exact) mass is 240 g/mol. The minimum absolute atomic E-state index is 0.0286. The van der Waals surface area contributed by atoms with Crippen LogP contribution in [0.25, 0.3) is 0 Å². The van der Waals surface area contributed by atoms with E-state index in [1.807, 2.05) is 0 Å². The summed E-state index contributed by atoms with van der Waals surface area (Å²) < 4.78 is 18.4. The molecule has 4 nitrogen and oxygen atoms in total. The van der Waals surface area contributed by atoms with Gasteiger partial charge in [0, 0.05) is 5.56 Å². The first kappa shape index (κ1) is 13.2. The molecule has 17 heavy (non-hydrogen) atoms. The van der Waals surface area contributed by atoms with Gasteiger partial charge in [-0.15, -0.1) is 0 Å². The molecule has 1 atom stereocenters. The summed E-state index contributed by atoms with van der Waals surface area (Å²) in [5.41, 5.74) is 0.0286. The molecular formula is C12H13FO4. The Morgan fingerprint density at radius 2 is 2.12 bits per heavy atom. The van der Waals surface area contributed by atoms with Crippen LogP contribution in [-0.2, 0) is 4.79 Å². The minimum atomic E-state index is -1.23. The number of carbonyl (C=O) groups is 2. The van der Waals surface area contributed by atoms with E-state index in [-0.39, 0.29) is 11.3 Å². The van der Waals surface area contributed by atoms with Crippen LogP contribution in [0.2, 0.25) is 0 Å². The summed E-state index contributed by atoms with van der Waals surface area (Å²) in [7, 11) is 0. The van der Waals surface area contributed by atoms with E-state index in [0.717, 1.165) is 6.07 Å². The summed E-state index contributed by atoms with van der Waals surface area (Å²) in [6, 6.07) is 3.67. The lowest BCUT2D eigenvalue weighted by molar-refractivity contribution is -0.139. The van der Waals surface area contributed by atoms with Crippen molar-refractivity contribution in [2.24, 2.45) is 5.92 Å². The number of Topliss-reactive ketones (excluding diaryl/α,β-unsaturated/α-hetero) is 1. The number of carboxylic acid groups (broad SMARTS) is 1. The molecule has 0 saturated carbocycles. The fraction of sp³-hybridized carbons (Fsp3) is 0.333. The van der Waals surface area contributed by atoms with Crippen molar-refractivity contribution >= 4 is 11.8 Å². The third-order valence-corrected chi connectivity index (χ3v) is 2.28. The highest BCUT2D eigenvalue weighted by Gasteiger charge is 2.22. The lowest BCUT2D eigenvalue weighted by atomic mass is 9.99. The zero-order chi connectivity index (χ0) is 13.0. The molecule has 1 aromatic carbocycles. The summed E-state index contributed by atoms with van der Waals surface area (Å²) in [6.07, 6.45) is 0. The number of ether oxygens (including phenoxy) is 1. The molecule has 0 amide bonds. The van der Waals surface area contributed by atoms with Crippen LogP contribution in [0.1, 0.15) is 24.2 Å². The van der Waals surface area contributed by atoms with Gasteiger partial charge in [-0.25, -0.2) is 4.39 Å². The van der Waals surface area contributed by atoms with Crippen LogP contribution in [0, 0.1) is 11.7 Å². The molecule has 0 aliphatic heterocycles. The van der Waals surface area contributed by atoms with E-state index in [1.165, 1.54) is 19.1 Å². The highest BCUT2D eigenvalue weighted by atomic mass is 19.1. The standard InChI is InChI=1S/C12H13FO4/c1-3-17-10-5-4-8(6-9(10)13)11(14)7(2)12(15)16/h4-7H,3H2,1-2H3,(H,15,16). The van der Waals surface area contributed by atoms with Crippen LogP contribution in [0.3, 0.4) is 0 Å². The molecule has 0 spiro atoms. The largest absolute Gasteiger partial charge is 0.491 e. The van der Waals surface area contributed by atoms with Gasteiger partial charge in [0.1, 0.15) is 5.92 Å². The van der Waals surface area contributed by atoms with Gasteiger partial charge >= 0.3 is 5.97 Å². The second kappa shape index (κ2) is 5.43. The summed E-state index contributed by atoms with van der Waals surface area (Å²) >= 11 is 0. The zero-order valence-corrected chi connectivity index (χ0v) is 9.57. The first-order valence-electron chi connectivity index (χ1n) is 5.16. The van der Waals surface area contributed by atoms with Gasteiger partial charge in [-0.3, -0.25) is 9.59 Å². The van der Waals surface area contributed by atoms with Gasteiger partial charge in [0.05, 0.1) is 6.61 Å². The molecule has 92 valence electrons. The molecule has 1 aromatic rings. The molecule has 0 aliphatic rings. The van der Waals surface area contributed by atoms with E-state index in [0.29, 0.717) is 6.61 Å². The van der Waals surface area contributed by atoms with Crippen LogP contribution >= 0.6 is 0 Å². The van der Waals surface area contributed by atoms with Gasteiger partial charge in [-0.05, 0) is 32.0 Å². The summed E-state index contributed by atoms with van der Waals surface area (Å²) in [4.78, 5) is 22.2. The molecule has 0 fully saturated rings. The minimum Gasteiger partial charge on any atom is -0.491 e. The normalized spacial score (nSPS) is 11.9. The maximum Gasteiger partial charge on any atom is 0.314 e. The van der Waals surface area contributed by atoms with E-state index < -0.39 is 23.5 Å². The molecular weight excluding hydrogens is 227 g/mol. The number of benzene rings is 1.